The molecule has 1 aromatic carbocycles. The number of hydrogen-bond acceptors (Lipinski definition) is 5. The molecule has 2 N–H and O–H groups in total. The lowest BCUT2D eigenvalue weighted by Gasteiger charge is -2.17. The predicted octanol–water partition coefficient (Wildman–Crippen LogP) is 2.16. The first-order valence-electron chi connectivity index (χ1n) is 6.79. The zero-order valence-electron chi connectivity index (χ0n) is 12.0. The molecule has 22 heavy (non-hydrogen) atoms. The fourth-order valence-electron chi connectivity index (χ4n) is 2.01. The van der Waals surface area contributed by atoms with Crippen molar-refractivity contribution in [3.05, 3.63) is 57.4 Å². The van der Waals surface area contributed by atoms with E-state index in [0.29, 0.717) is 11.6 Å². The standard InChI is InChI=1S/C14H17ClN4O3/c1-10(11-2-4-12(15)5-3-11)16-7-14(20)9-18-8-13(6-17-18)19(21)22/h2-6,8,10,14,16,20H,7,9H2,1H3. The van der Waals surface area contributed by atoms with Crippen LogP contribution in [0.1, 0.15) is 18.5 Å². The van der Waals surface area contributed by atoms with Crippen LogP contribution in [-0.2, 0) is 6.54 Å². The lowest BCUT2D eigenvalue weighted by molar-refractivity contribution is -0.385. The number of rotatable bonds is 7. The molecule has 0 spiro atoms. The van der Waals surface area contributed by atoms with Crippen molar-refractivity contribution >= 4 is 17.3 Å². The second-order valence-electron chi connectivity index (χ2n) is 5.01. The molecule has 1 aromatic heterocycles. The first kappa shape index (κ1) is 16.4. The topological polar surface area (TPSA) is 93.2 Å². The lowest BCUT2D eigenvalue weighted by Crippen LogP contribution is -2.32. The summed E-state index contributed by atoms with van der Waals surface area (Å²) in [6.07, 6.45) is 1.76. The van der Waals surface area contributed by atoms with Crippen LogP contribution in [-0.4, -0.2) is 32.5 Å². The highest BCUT2D eigenvalue weighted by atomic mass is 35.5. The molecule has 0 saturated heterocycles. The van der Waals surface area contributed by atoms with Crippen molar-refractivity contribution in [3.8, 4) is 0 Å². The summed E-state index contributed by atoms with van der Waals surface area (Å²) in [6, 6.07) is 7.52. The van der Waals surface area contributed by atoms with Crippen molar-refractivity contribution in [3.63, 3.8) is 0 Å². The van der Waals surface area contributed by atoms with Gasteiger partial charge >= 0.3 is 5.69 Å². The van der Waals surface area contributed by atoms with Gasteiger partial charge in [-0.05, 0) is 24.6 Å². The van der Waals surface area contributed by atoms with Gasteiger partial charge in [0.25, 0.3) is 0 Å². The summed E-state index contributed by atoms with van der Waals surface area (Å²) in [5.41, 5.74) is 0.973. The summed E-state index contributed by atoms with van der Waals surface area (Å²) in [5, 5.41) is 28.3. The second kappa shape index (κ2) is 7.35. The van der Waals surface area contributed by atoms with Gasteiger partial charge in [0.2, 0.25) is 0 Å². The largest absolute Gasteiger partial charge is 0.390 e. The van der Waals surface area contributed by atoms with Crippen LogP contribution < -0.4 is 5.32 Å². The van der Waals surface area contributed by atoms with Crippen molar-refractivity contribution in [2.24, 2.45) is 0 Å². The van der Waals surface area contributed by atoms with Gasteiger partial charge in [-0.2, -0.15) is 5.10 Å². The van der Waals surface area contributed by atoms with E-state index in [1.807, 2.05) is 31.2 Å². The normalized spacial score (nSPS) is 13.8. The van der Waals surface area contributed by atoms with Gasteiger partial charge in [0, 0.05) is 17.6 Å². The molecule has 0 radical (unpaired) electrons. The smallest absolute Gasteiger partial charge is 0.306 e. The Labute approximate surface area is 132 Å². The summed E-state index contributed by atoms with van der Waals surface area (Å²) in [4.78, 5) is 10.0. The zero-order valence-corrected chi connectivity index (χ0v) is 12.8. The third-order valence-corrected chi connectivity index (χ3v) is 3.51. The Bertz CT molecular complexity index is 629. The highest BCUT2D eigenvalue weighted by Crippen LogP contribution is 2.16. The summed E-state index contributed by atoms with van der Waals surface area (Å²) in [7, 11) is 0. The Morgan fingerprint density at radius 1 is 1.45 bits per heavy atom. The molecular weight excluding hydrogens is 308 g/mol. The van der Waals surface area contributed by atoms with Gasteiger partial charge in [-0.15, -0.1) is 0 Å². The molecule has 0 amide bonds. The summed E-state index contributed by atoms with van der Waals surface area (Å²) < 4.78 is 1.36. The van der Waals surface area contributed by atoms with Crippen LogP contribution in [0.25, 0.3) is 0 Å². The lowest BCUT2D eigenvalue weighted by atomic mass is 10.1. The van der Waals surface area contributed by atoms with E-state index in [1.54, 1.807) is 0 Å². The van der Waals surface area contributed by atoms with E-state index in [2.05, 4.69) is 10.4 Å². The van der Waals surface area contributed by atoms with Crippen LogP contribution >= 0.6 is 11.6 Å². The molecule has 2 atom stereocenters. The first-order valence-corrected chi connectivity index (χ1v) is 7.17. The van der Waals surface area contributed by atoms with Gasteiger partial charge in [0.1, 0.15) is 12.4 Å². The minimum Gasteiger partial charge on any atom is -0.390 e. The molecule has 0 saturated carbocycles. The van der Waals surface area contributed by atoms with Crippen molar-refractivity contribution in [2.75, 3.05) is 6.54 Å². The van der Waals surface area contributed by atoms with Crippen LogP contribution in [0.5, 0.6) is 0 Å². The third-order valence-electron chi connectivity index (χ3n) is 3.26. The third kappa shape index (κ3) is 4.52. The van der Waals surface area contributed by atoms with Crippen LogP contribution in [0.2, 0.25) is 5.02 Å². The van der Waals surface area contributed by atoms with Crippen molar-refractivity contribution < 1.29 is 10.0 Å². The fourth-order valence-corrected chi connectivity index (χ4v) is 2.14. The number of nitro groups is 1. The Hall–Kier alpha value is -1.96. The highest BCUT2D eigenvalue weighted by molar-refractivity contribution is 6.30. The number of nitrogens with zero attached hydrogens (tertiary/aromatic N) is 3. The summed E-state index contributed by atoms with van der Waals surface area (Å²) >= 11 is 5.84. The van der Waals surface area contributed by atoms with Crippen molar-refractivity contribution in [1.29, 1.82) is 0 Å². The zero-order chi connectivity index (χ0) is 16.1. The maximum Gasteiger partial charge on any atom is 0.306 e. The maximum absolute atomic E-state index is 10.6. The number of aromatic nitrogens is 2. The number of benzene rings is 1. The molecular formula is C14H17ClN4O3. The molecule has 1 heterocycles. The Kier molecular flexibility index (Phi) is 5.48. The number of nitrogens with one attached hydrogen (secondary N) is 1. The van der Waals surface area contributed by atoms with Crippen molar-refractivity contribution in [2.45, 2.75) is 25.6 Å². The van der Waals surface area contributed by atoms with Gasteiger partial charge in [0.15, 0.2) is 0 Å². The molecule has 0 aliphatic heterocycles. The van der Waals surface area contributed by atoms with Crippen LogP contribution in [0, 0.1) is 10.1 Å². The van der Waals surface area contributed by atoms with Crippen LogP contribution in [0.3, 0.4) is 0 Å². The SMILES string of the molecule is CC(NCC(O)Cn1cc([N+](=O)[O-])cn1)c1ccc(Cl)cc1. The highest BCUT2D eigenvalue weighted by Gasteiger charge is 2.13. The number of hydrogen-bond donors (Lipinski definition) is 2. The monoisotopic (exact) mass is 324 g/mol. The van der Waals surface area contributed by atoms with Crippen LogP contribution in [0.15, 0.2) is 36.7 Å². The quantitative estimate of drug-likeness (QED) is 0.601. The predicted molar refractivity (Wildman–Crippen MR) is 82.8 cm³/mol. The Morgan fingerprint density at radius 2 is 2.14 bits per heavy atom. The molecule has 7 nitrogen and oxygen atoms in total. The van der Waals surface area contributed by atoms with E-state index < -0.39 is 11.0 Å². The van der Waals surface area contributed by atoms with Crippen molar-refractivity contribution in [1.82, 2.24) is 15.1 Å². The maximum atomic E-state index is 10.6. The fraction of sp³-hybridized carbons (Fsp3) is 0.357. The average Bonchev–Trinajstić information content (AvgIpc) is 2.94. The first-order chi connectivity index (χ1) is 10.5. The van der Waals surface area contributed by atoms with Crippen LogP contribution in [0.4, 0.5) is 5.69 Å². The molecule has 2 unspecified atom stereocenters. The summed E-state index contributed by atoms with van der Waals surface area (Å²) in [6.45, 7) is 2.51. The van der Waals surface area contributed by atoms with Gasteiger partial charge in [-0.25, -0.2) is 0 Å². The number of halogens is 1. The molecule has 0 fully saturated rings. The molecule has 0 aliphatic rings. The molecule has 8 heteroatoms. The van der Waals surface area contributed by atoms with E-state index in [9.17, 15) is 15.2 Å². The van der Waals surface area contributed by atoms with E-state index in [1.165, 1.54) is 10.9 Å². The Morgan fingerprint density at radius 3 is 2.73 bits per heavy atom. The van der Waals surface area contributed by atoms with E-state index in [-0.39, 0.29) is 18.3 Å². The Balaban J connectivity index is 1.82. The van der Waals surface area contributed by atoms with E-state index >= 15 is 0 Å². The molecule has 2 aromatic rings. The second-order valence-corrected chi connectivity index (χ2v) is 5.45. The average molecular weight is 325 g/mol. The molecule has 2 rings (SSSR count). The minimum absolute atomic E-state index is 0.0545. The molecule has 0 bridgehead atoms. The number of aliphatic hydroxyl groups is 1. The van der Waals surface area contributed by atoms with Gasteiger partial charge in [-0.1, -0.05) is 23.7 Å². The van der Waals surface area contributed by atoms with E-state index in [0.717, 1.165) is 11.8 Å². The van der Waals surface area contributed by atoms with Gasteiger partial charge in [-0.3, -0.25) is 14.8 Å². The van der Waals surface area contributed by atoms with Gasteiger partial charge < -0.3 is 10.4 Å². The van der Waals surface area contributed by atoms with E-state index in [4.69, 9.17) is 11.6 Å². The molecule has 118 valence electrons. The number of aliphatic hydroxyl groups excluding tert-OH is 1. The molecule has 0 aliphatic carbocycles. The minimum atomic E-state index is -0.700. The summed E-state index contributed by atoms with van der Waals surface area (Å²) in [5.74, 6) is 0. The van der Waals surface area contributed by atoms with Gasteiger partial charge in [0.05, 0.1) is 17.6 Å².